The number of nitrogens with zero attached hydrogens (tertiary/aromatic N) is 3. The summed E-state index contributed by atoms with van der Waals surface area (Å²) < 4.78 is 2.03. The van der Waals surface area contributed by atoms with Gasteiger partial charge in [0.05, 0.1) is 11.2 Å². The highest BCUT2D eigenvalue weighted by Gasteiger charge is 2.23. The minimum atomic E-state index is 0.0235. The number of hydrogen-bond donors (Lipinski definition) is 0. The molecule has 0 radical (unpaired) electrons. The molecule has 3 nitrogen and oxygen atoms in total. The van der Waals surface area contributed by atoms with E-state index in [-0.39, 0.29) is 5.41 Å². The van der Waals surface area contributed by atoms with Crippen LogP contribution in [0.1, 0.15) is 51.7 Å². The quantitative estimate of drug-likeness (QED) is 0.794. The van der Waals surface area contributed by atoms with E-state index in [0.717, 1.165) is 18.7 Å². The summed E-state index contributed by atoms with van der Waals surface area (Å²) in [4.78, 5) is 4.79. The second-order valence-electron chi connectivity index (χ2n) is 5.46. The van der Waals surface area contributed by atoms with Crippen molar-refractivity contribution < 1.29 is 0 Å². The number of aryl methyl sites for hydroxylation is 2. The molecule has 0 aromatic carbocycles. The van der Waals surface area contributed by atoms with Crippen molar-refractivity contribution >= 4 is 5.52 Å². The van der Waals surface area contributed by atoms with Crippen molar-refractivity contribution in [2.24, 2.45) is 0 Å². The Kier molecular flexibility index (Phi) is 2.94. The maximum Gasteiger partial charge on any atom is 0.136 e. The molecule has 0 fully saturated rings. The Labute approximate surface area is 103 Å². The Morgan fingerprint density at radius 3 is 2.41 bits per heavy atom. The first kappa shape index (κ1) is 12.1. The van der Waals surface area contributed by atoms with Crippen molar-refractivity contribution in [3.8, 4) is 0 Å². The first-order valence-electron chi connectivity index (χ1n) is 6.35. The fraction of sp³-hybridized carbons (Fsp3) is 0.571. The normalized spacial score (nSPS) is 12.3. The van der Waals surface area contributed by atoms with Gasteiger partial charge < -0.3 is 0 Å². The minimum Gasteiger partial charge on any atom is -0.235 e. The molecule has 0 unspecified atom stereocenters. The van der Waals surface area contributed by atoms with Gasteiger partial charge in [-0.05, 0) is 24.5 Å². The van der Waals surface area contributed by atoms with Crippen molar-refractivity contribution in [2.45, 2.75) is 52.9 Å². The first-order valence-corrected chi connectivity index (χ1v) is 6.35. The van der Waals surface area contributed by atoms with Gasteiger partial charge in [0, 0.05) is 11.6 Å². The Hall–Kier alpha value is -1.38. The molecule has 92 valence electrons. The zero-order valence-electron chi connectivity index (χ0n) is 11.4. The molecule has 0 aliphatic carbocycles. The summed E-state index contributed by atoms with van der Waals surface area (Å²) in [5.74, 6) is 1.06. The molecule has 2 aromatic heterocycles. The van der Waals surface area contributed by atoms with Gasteiger partial charge in [0.1, 0.15) is 5.82 Å². The Morgan fingerprint density at radius 1 is 1.18 bits per heavy atom. The molecule has 0 saturated carbocycles. The van der Waals surface area contributed by atoms with Crippen LogP contribution >= 0.6 is 0 Å². The average Bonchev–Trinajstić information content (AvgIpc) is 2.67. The molecule has 0 aliphatic rings. The van der Waals surface area contributed by atoms with Gasteiger partial charge in [0.25, 0.3) is 0 Å². The number of rotatable bonds is 2. The van der Waals surface area contributed by atoms with Crippen LogP contribution < -0.4 is 0 Å². The Balaban J connectivity index is 2.82. The van der Waals surface area contributed by atoms with Crippen LogP contribution in [0.5, 0.6) is 0 Å². The van der Waals surface area contributed by atoms with E-state index >= 15 is 0 Å². The van der Waals surface area contributed by atoms with E-state index in [2.05, 4.69) is 45.8 Å². The second-order valence-corrected chi connectivity index (χ2v) is 5.46. The predicted molar refractivity (Wildman–Crippen MR) is 70.4 cm³/mol. The molecule has 0 atom stereocenters. The molecule has 0 bridgehead atoms. The SMILES string of the molecule is CCc1ccnn2c(C(C)(C)C)nc(CC)c12. The summed E-state index contributed by atoms with van der Waals surface area (Å²) in [5.41, 5.74) is 3.73. The summed E-state index contributed by atoms with van der Waals surface area (Å²) in [6, 6.07) is 2.10. The fourth-order valence-electron chi connectivity index (χ4n) is 2.18. The van der Waals surface area contributed by atoms with Gasteiger partial charge in [-0.1, -0.05) is 34.6 Å². The standard InChI is InChI=1S/C14H21N3/c1-6-10-8-9-15-17-12(10)11(7-2)16-13(17)14(3,4)5/h8-9H,6-7H2,1-5H3. The molecule has 17 heavy (non-hydrogen) atoms. The smallest absolute Gasteiger partial charge is 0.136 e. The summed E-state index contributed by atoms with van der Waals surface area (Å²) in [6.07, 6.45) is 3.86. The van der Waals surface area contributed by atoms with Crippen LogP contribution in [0.25, 0.3) is 5.52 Å². The molecule has 0 spiro atoms. The van der Waals surface area contributed by atoms with Crippen LogP contribution in [-0.2, 0) is 18.3 Å². The van der Waals surface area contributed by atoms with E-state index in [4.69, 9.17) is 4.98 Å². The van der Waals surface area contributed by atoms with Crippen LogP contribution in [0.2, 0.25) is 0 Å². The number of imidazole rings is 1. The molecule has 0 saturated heterocycles. The van der Waals surface area contributed by atoms with Crippen molar-refractivity contribution in [1.82, 2.24) is 14.6 Å². The zero-order valence-corrected chi connectivity index (χ0v) is 11.4. The predicted octanol–water partition coefficient (Wildman–Crippen LogP) is 3.15. The van der Waals surface area contributed by atoms with Gasteiger partial charge in [-0.3, -0.25) is 0 Å². The molecule has 2 rings (SSSR count). The third-order valence-electron chi connectivity index (χ3n) is 3.08. The lowest BCUT2D eigenvalue weighted by Gasteiger charge is -2.16. The van der Waals surface area contributed by atoms with Crippen LogP contribution in [0.15, 0.2) is 12.3 Å². The van der Waals surface area contributed by atoms with Crippen molar-refractivity contribution in [3.05, 3.63) is 29.3 Å². The summed E-state index contributed by atoms with van der Waals surface area (Å²) in [5, 5.41) is 4.48. The largest absolute Gasteiger partial charge is 0.235 e. The summed E-state index contributed by atoms with van der Waals surface area (Å²) >= 11 is 0. The third-order valence-corrected chi connectivity index (χ3v) is 3.08. The monoisotopic (exact) mass is 231 g/mol. The van der Waals surface area contributed by atoms with E-state index in [1.807, 2.05) is 10.7 Å². The highest BCUT2D eigenvalue weighted by Crippen LogP contribution is 2.26. The Morgan fingerprint density at radius 2 is 1.88 bits per heavy atom. The molecule has 3 heteroatoms. The highest BCUT2D eigenvalue weighted by molar-refractivity contribution is 5.59. The van der Waals surface area contributed by atoms with Crippen molar-refractivity contribution in [1.29, 1.82) is 0 Å². The van der Waals surface area contributed by atoms with Gasteiger partial charge in [0.15, 0.2) is 0 Å². The number of hydrogen-bond acceptors (Lipinski definition) is 2. The van der Waals surface area contributed by atoms with Crippen molar-refractivity contribution in [3.63, 3.8) is 0 Å². The van der Waals surface area contributed by atoms with Crippen LogP contribution in [0.3, 0.4) is 0 Å². The van der Waals surface area contributed by atoms with E-state index in [0.29, 0.717) is 0 Å². The van der Waals surface area contributed by atoms with Gasteiger partial charge in [0.2, 0.25) is 0 Å². The van der Waals surface area contributed by atoms with Crippen LogP contribution in [0.4, 0.5) is 0 Å². The highest BCUT2D eigenvalue weighted by atomic mass is 15.3. The van der Waals surface area contributed by atoms with Crippen LogP contribution in [0, 0.1) is 0 Å². The molecule has 2 aromatic rings. The number of fused-ring (bicyclic) bond motifs is 1. The molecule has 0 amide bonds. The average molecular weight is 231 g/mol. The van der Waals surface area contributed by atoms with Gasteiger partial charge >= 0.3 is 0 Å². The summed E-state index contributed by atoms with van der Waals surface area (Å²) in [6.45, 7) is 10.9. The van der Waals surface area contributed by atoms with E-state index in [9.17, 15) is 0 Å². The first-order chi connectivity index (χ1) is 7.99. The molecule has 2 heterocycles. The topological polar surface area (TPSA) is 30.2 Å². The van der Waals surface area contributed by atoms with Gasteiger partial charge in [-0.25, -0.2) is 9.50 Å². The van der Waals surface area contributed by atoms with Crippen molar-refractivity contribution in [2.75, 3.05) is 0 Å². The maximum absolute atomic E-state index is 4.79. The second kappa shape index (κ2) is 4.13. The Bertz CT molecular complexity index is 532. The van der Waals surface area contributed by atoms with E-state index in [1.54, 1.807) is 0 Å². The summed E-state index contributed by atoms with van der Waals surface area (Å²) in [7, 11) is 0. The lowest BCUT2D eigenvalue weighted by atomic mass is 9.96. The molecular formula is C14H21N3. The molecular weight excluding hydrogens is 210 g/mol. The molecule has 0 N–H and O–H groups in total. The van der Waals surface area contributed by atoms with Gasteiger partial charge in [-0.2, -0.15) is 5.10 Å². The van der Waals surface area contributed by atoms with Crippen LogP contribution in [-0.4, -0.2) is 14.6 Å². The lowest BCUT2D eigenvalue weighted by molar-refractivity contribution is 0.529. The zero-order chi connectivity index (χ0) is 12.6. The minimum absolute atomic E-state index is 0.0235. The van der Waals surface area contributed by atoms with E-state index < -0.39 is 0 Å². The van der Waals surface area contributed by atoms with Gasteiger partial charge in [-0.15, -0.1) is 0 Å². The molecule has 0 aliphatic heterocycles. The lowest BCUT2D eigenvalue weighted by Crippen LogP contribution is -2.17. The third kappa shape index (κ3) is 1.94. The maximum atomic E-state index is 4.79. The fourth-order valence-corrected chi connectivity index (χ4v) is 2.18. The van der Waals surface area contributed by atoms with E-state index in [1.165, 1.54) is 16.8 Å². The number of aromatic nitrogens is 3.